The summed E-state index contributed by atoms with van der Waals surface area (Å²) in [5.41, 5.74) is 2.62. The number of allylic oxidation sites excluding steroid dienone is 6. The zero-order valence-electron chi connectivity index (χ0n) is 8.50. The summed E-state index contributed by atoms with van der Waals surface area (Å²) >= 11 is 6.37. The van der Waals surface area contributed by atoms with Crippen LogP contribution in [-0.2, 0) is 4.79 Å². The molecule has 3 rings (SSSR count). The van der Waals surface area contributed by atoms with Crippen molar-refractivity contribution in [2.75, 3.05) is 0 Å². The van der Waals surface area contributed by atoms with Crippen LogP contribution in [0.2, 0.25) is 0 Å². The Kier molecular flexibility index (Phi) is 2.10. The molecule has 78 valence electrons. The molecule has 2 unspecified atom stereocenters. The highest BCUT2D eigenvalue weighted by atomic mass is 35.5. The molecule has 0 spiro atoms. The topological polar surface area (TPSA) is 17.1 Å². The first-order valence-corrected chi connectivity index (χ1v) is 5.91. The second-order valence-electron chi connectivity index (χ2n) is 4.66. The van der Waals surface area contributed by atoms with E-state index in [0.717, 1.165) is 24.3 Å². The molecule has 15 heavy (non-hydrogen) atoms. The summed E-state index contributed by atoms with van der Waals surface area (Å²) in [7, 11) is 0. The summed E-state index contributed by atoms with van der Waals surface area (Å²) in [5, 5.41) is 0.954. The van der Waals surface area contributed by atoms with Crippen LogP contribution in [0.5, 0.6) is 0 Å². The summed E-state index contributed by atoms with van der Waals surface area (Å²) in [6, 6.07) is 0. The average Bonchev–Trinajstić information content (AvgIpc) is 2.26. The number of carbonyl (C=O) groups excluding carboxylic acids is 1. The summed E-state index contributed by atoms with van der Waals surface area (Å²) in [5.74, 6) is 1.14. The lowest BCUT2D eigenvalue weighted by Crippen LogP contribution is -2.30. The van der Waals surface area contributed by atoms with Gasteiger partial charge in [-0.25, -0.2) is 0 Å². The molecule has 2 atom stereocenters. The Hall–Kier alpha value is -0.820. The summed E-state index contributed by atoms with van der Waals surface area (Å²) in [6.45, 7) is 0. The molecule has 2 bridgehead atoms. The van der Waals surface area contributed by atoms with E-state index in [4.69, 9.17) is 11.6 Å². The van der Waals surface area contributed by atoms with Crippen molar-refractivity contribution in [3.63, 3.8) is 0 Å². The molecular formula is C13H13ClO. The van der Waals surface area contributed by atoms with Gasteiger partial charge in [0.15, 0.2) is 0 Å². The third kappa shape index (κ3) is 1.41. The van der Waals surface area contributed by atoms with Gasteiger partial charge >= 0.3 is 0 Å². The SMILES string of the molecule is O=C1CC2CC(C1)C(Cl)=C1CC=CC=C12. The van der Waals surface area contributed by atoms with Gasteiger partial charge < -0.3 is 0 Å². The maximum atomic E-state index is 11.6. The van der Waals surface area contributed by atoms with Crippen molar-refractivity contribution >= 4 is 17.4 Å². The first kappa shape index (κ1) is 9.41. The fourth-order valence-electron chi connectivity index (χ4n) is 3.01. The highest BCUT2D eigenvalue weighted by Gasteiger charge is 2.37. The standard InChI is InChI=1S/C13H13ClO/c14-13-9-5-8(6-10(15)7-9)11-3-1-2-4-12(11)13/h1-3,8-9H,4-7H2. The Morgan fingerprint density at radius 3 is 2.93 bits per heavy atom. The molecule has 0 aromatic carbocycles. The van der Waals surface area contributed by atoms with Crippen LogP contribution < -0.4 is 0 Å². The molecule has 0 saturated heterocycles. The fourth-order valence-corrected chi connectivity index (χ4v) is 3.37. The molecule has 1 nitrogen and oxygen atoms in total. The van der Waals surface area contributed by atoms with Gasteiger partial charge in [0.2, 0.25) is 0 Å². The van der Waals surface area contributed by atoms with Gasteiger partial charge in [-0.05, 0) is 29.9 Å². The van der Waals surface area contributed by atoms with Crippen LogP contribution in [0.1, 0.15) is 25.7 Å². The summed E-state index contributed by atoms with van der Waals surface area (Å²) < 4.78 is 0. The molecule has 3 aliphatic carbocycles. The quantitative estimate of drug-likeness (QED) is 0.612. The average molecular weight is 221 g/mol. The van der Waals surface area contributed by atoms with Gasteiger partial charge in [-0.15, -0.1) is 0 Å². The maximum Gasteiger partial charge on any atom is 0.134 e. The van der Waals surface area contributed by atoms with Gasteiger partial charge in [0.05, 0.1) is 0 Å². The molecule has 0 N–H and O–H groups in total. The molecular weight excluding hydrogens is 208 g/mol. The molecule has 0 aromatic heterocycles. The lowest BCUT2D eigenvalue weighted by molar-refractivity contribution is -0.122. The highest BCUT2D eigenvalue weighted by molar-refractivity contribution is 6.30. The molecule has 0 radical (unpaired) electrons. The van der Waals surface area contributed by atoms with Crippen molar-refractivity contribution < 1.29 is 4.79 Å². The molecule has 1 saturated carbocycles. The number of fused-ring (bicyclic) bond motifs is 4. The minimum Gasteiger partial charge on any atom is -0.300 e. The Bertz CT molecular complexity index is 414. The van der Waals surface area contributed by atoms with E-state index in [9.17, 15) is 4.79 Å². The molecule has 0 amide bonds. The number of hydrogen-bond acceptors (Lipinski definition) is 1. The molecule has 0 aliphatic heterocycles. The fraction of sp³-hybridized carbons (Fsp3) is 0.462. The van der Waals surface area contributed by atoms with Gasteiger partial charge in [0.1, 0.15) is 5.78 Å². The molecule has 1 fully saturated rings. The predicted octanol–water partition coefficient (Wildman–Crippen LogP) is 3.36. The van der Waals surface area contributed by atoms with Crippen LogP contribution in [0.3, 0.4) is 0 Å². The summed E-state index contributed by atoms with van der Waals surface area (Å²) in [6.07, 6.45) is 9.78. The largest absolute Gasteiger partial charge is 0.300 e. The molecule has 3 aliphatic rings. The number of rotatable bonds is 0. The zero-order valence-corrected chi connectivity index (χ0v) is 9.26. The Morgan fingerprint density at radius 1 is 1.27 bits per heavy atom. The van der Waals surface area contributed by atoms with Gasteiger partial charge in [0.25, 0.3) is 0 Å². The van der Waals surface area contributed by atoms with E-state index in [2.05, 4.69) is 18.2 Å². The minimum atomic E-state index is 0.316. The van der Waals surface area contributed by atoms with E-state index >= 15 is 0 Å². The van der Waals surface area contributed by atoms with Crippen molar-refractivity contribution in [2.24, 2.45) is 11.8 Å². The van der Waals surface area contributed by atoms with Crippen molar-refractivity contribution in [1.82, 2.24) is 0 Å². The van der Waals surface area contributed by atoms with Crippen molar-refractivity contribution in [3.8, 4) is 0 Å². The van der Waals surface area contributed by atoms with Gasteiger partial charge in [-0.1, -0.05) is 29.8 Å². The third-order valence-electron chi connectivity index (χ3n) is 3.69. The number of Topliss-reactive ketones (excluding diaryl/α,β-unsaturated/α-hetero) is 1. The van der Waals surface area contributed by atoms with Crippen LogP contribution in [0, 0.1) is 11.8 Å². The van der Waals surface area contributed by atoms with Crippen LogP contribution >= 0.6 is 11.6 Å². The number of halogens is 1. The van der Waals surface area contributed by atoms with Crippen molar-refractivity contribution in [2.45, 2.75) is 25.7 Å². The van der Waals surface area contributed by atoms with Gasteiger partial charge in [0, 0.05) is 23.8 Å². The molecule has 2 heteroatoms. The van der Waals surface area contributed by atoms with Crippen LogP contribution in [-0.4, -0.2) is 5.78 Å². The van der Waals surface area contributed by atoms with E-state index in [1.54, 1.807) is 0 Å². The number of ketones is 1. The van der Waals surface area contributed by atoms with Gasteiger partial charge in [-0.3, -0.25) is 4.79 Å². The molecule has 0 heterocycles. The smallest absolute Gasteiger partial charge is 0.134 e. The summed E-state index contributed by atoms with van der Waals surface area (Å²) in [4.78, 5) is 11.6. The van der Waals surface area contributed by atoms with Crippen LogP contribution in [0.25, 0.3) is 0 Å². The van der Waals surface area contributed by atoms with Gasteiger partial charge in [-0.2, -0.15) is 0 Å². The lowest BCUT2D eigenvalue weighted by atomic mass is 9.68. The normalized spacial score (nSPS) is 33.9. The van der Waals surface area contributed by atoms with E-state index in [-0.39, 0.29) is 0 Å². The van der Waals surface area contributed by atoms with E-state index in [1.807, 2.05) is 0 Å². The van der Waals surface area contributed by atoms with E-state index in [1.165, 1.54) is 11.1 Å². The first-order valence-electron chi connectivity index (χ1n) is 5.53. The Morgan fingerprint density at radius 2 is 2.07 bits per heavy atom. The van der Waals surface area contributed by atoms with E-state index < -0.39 is 0 Å². The maximum absolute atomic E-state index is 11.6. The first-order chi connectivity index (χ1) is 7.25. The number of carbonyl (C=O) groups is 1. The predicted molar refractivity (Wildman–Crippen MR) is 60.6 cm³/mol. The highest BCUT2D eigenvalue weighted by Crippen LogP contribution is 2.48. The second kappa shape index (κ2) is 3.34. The van der Waals surface area contributed by atoms with Crippen LogP contribution in [0.15, 0.2) is 34.4 Å². The molecule has 0 aromatic rings. The van der Waals surface area contributed by atoms with Crippen molar-refractivity contribution in [3.05, 3.63) is 34.4 Å². The second-order valence-corrected chi connectivity index (χ2v) is 5.06. The zero-order chi connectivity index (χ0) is 10.4. The van der Waals surface area contributed by atoms with Crippen molar-refractivity contribution in [1.29, 1.82) is 0 Å². The lowest BCUT2D eigenvalue weighted by Gasteiger charge is -2.37. The minimum absolute atomic E-state index is 0.316. The third-order valence-corrected chi connectivity index (χ3v) is 4.22. The Labute approximate surface area is 94.5 Å². The Balaban J connectivity index is 2.10. The van der Waals surface area contributed by atoms with E-state index in [0.29, 0.717) is 24.0 Å². The van der Waals surface area contributed by atoms with Crippen LogP contribution in [0.4, 0.5) is 0 Å². The number of hydrogen-bond donors (Lipinski definition) is 0. The monoisotopic (exact) mass is 220 g/mol.